The molecule has 0 N–H and O–H groups in total. The smallest absolute Gasteiger partial charge is 0.0442 e. The van der Waals surface area contributed by atoms with E-state index >= 15 is 0 Å². The van der Waals surface area contributed by atoms with E-state index in [0.29, 0.717) is 0 Å². The SMILES string of the molecule is C=CC.CC.CC.CC=C(C)C. The standard InChI is InChI=1S/C5H10.C3H6.2C2H6/c1-4-5(2)3;1-3-2;2*1-2/h4H,1-3H3;3H,1H2,2H3;2*1-2H3. The lowest BCUT2D eigenvalue weighted by atomic mass is 10.3. The molecule has 0 saturated heterocycles. The lowest BCUT2D eigenvalue weighted by Gasteiger charge is -1.74. The first-order valence-corrected chi connectivity index (χ1v) is 4.85. The minimum Gasteiger partial charge on any atom is -0.103 e. The third-order valence-electron chi connectivity index (χ3n) is 0.577. The Kier molecular flexibility index (Phi) is 88.1. The van der Waals surface area contributed by atoms with Crippen LogP contribution in [-0.2, 0) is 0 Å². The first-order chi connectivity index (χ1) is 5.68. The molecule has 0 heteroatoms. The van der Waals surface area contributed by atoms with E-state index in [0.717, 1.165) is 0 Å². The molecular formula is C12H28. The summed E-state index contributed by atoms with van der Waals surface area (Å²) >= 11 is 0. The topological polar surface area (TPSA) is 0 Å². The number of allylic oxidation sites excluding steroid dienone is 3. The van der Waals surface area contributed by atoms with Crippen LogP contribution < -0.4 is 0 Å². The highest BCUT2D eigenvalue weighted by Gasteiger charge is 1.60. The van der Waals surface area contributed by atoms with Crippen molar-refractivity contribution in [3.8, 4) is 0 Å². The summed E-state index contributed by atoms with van der Waals surface area (Å²) in [6, 6.07) is 0. The Balaban J connectivity index is -0.0000000397. The molecular weight excluding hydrogens is 144 g/mol. The molecule has 0 nitrogen and oxygen atoms in total. The van der Waals surface area contributed by atoms with Crippen molar-refractivity contribution in [3.63, 3.8) is 0 Å². The number of hydrogen-bond acceptors (Lipinski definition) is 0. The molecule has 0 saturated carbocycles. The van der Waals surface area contributed by atoms with Crippen LogP contribution in [0.15, 0.2) is 24.3 Å². The molecule has 0 aliphatic carbocycles. The lowest BCUT2D eigenvalue weighted by Crippen LogP contribution is -1.52. The van der Waals surface area contributed by atoms with E-state index in [-0.39, 0.29) is 0 Å². The summed E-state index contributed by atoms with van der Waals surface area (Å²) in [5.41, 5.74) is 1.38. The maximum absolute atomic E-state index is 3.36. The van der Waals surface area contributed by atoms with Crippen LogP contribution in [0.3, 0.4) is 0 Å². The molecule has 0 rings (SSSR count). The minimum absolute atomic E-state index is 1.38. The molecule has 0 unspecified atom stereocenters. The predicted molar refractivity (Wildman–Crippen MR) is 63.7 cm³/mol. The summed E-state index contributed by atoms with van der Waals surface area (Å²) in [7, 11) is 0. The molecule has 76 valence electrons. The second-order valence-corrected chi connectivity index (χ2v) is 1.77. The molecule has 0 aliphatic rings. The second kappa shape index (κ2) is 46.9. The van der Waals surface area contributed by atoms with Gasteiger partial charge in [-0.1, -0.05) is 45.4 Å². The van der Waals surface area contributed by atoms with Crippen LogP contribution in [0.2, 0.25) is 0 Å². The van der Waals surface area contributed by atoms with Crippen LogP contribution in [-0.4, -0.2) is 0 Å². The molecule has 0 aromatic carbocycles. The summed E-state index contributed by atoms with van der Waals surface area (Å²) in [5, 5.41) is 0. The molecule has 0 atom stereocenters. The monoisotopic (exact) mass is 172 g/mol. The third kappa shape index (κ3) is 311. The van der Waals surface area contributed by atoms with E-state index in [2.05, 4.69) is 26.5 Å². The van der Waals surface area contributed by atoms with Crippen molar-refractivity contribution in [1.29, 1.82) is 0 Å². The summed E-state index contributed by atoms with van der Waals surface area (Å²) in [4.78, 5) is 0. The Morgan fingerprint density at radius 2 is 1.00 bits per heavy atom. The van der Waals surface area contributed by atoms with Gasteiger partial charge in [-0.15, -0.1) is 6.58 Å². The van der Waals surface area contributed by atoms with E-state index in [1.165, 1.54) is 5.57 Å². The second-order valence-electron chi connectivity index (χ2n) is 1.77. The van der Waals surface area contributed by atoms with E-state index in [9.17, 15) is 0 Å². The van der Waals surface area contributed by atoms with E-state index < -0.39 is 0 Å². The molecule has 0 heterocycles. The van der Waals surface area contributed by atoms with Crippen molar-refractivity contribution in [2.45, 2.75) is 55.4 Å². The number of rotatable bonds is 0. The van der Waals surface area contributed by atoms with Gasteiger partial charge in [-0.05, 0) is 27.7 Å². The fraction of sp³-hybridized carbons (Fsp3) is 0.667. The first kappa shape index (κ1) is 22.5. The van der Waals surface area contributed by atoms with E-state index in [1.807, 2.05) is 41.5 Å². The summed E-state index contributed by atoms with van der Waals surface area (Å²) in [6.45, 7) is 19.5. The van der Waals surface area contributed by atoms with Gasteiger partial charge in [0.05, 0.1) is 0 Å². The molecule has 0 aromatic heterocycles. The van der Waals surface area contributed by atoms with Crippen molar-refractivity contribution >= 4 is 0 Å². The molecule has 0 fully saturated rings. The average molecular weight is 172 g/mol. The zero-order valence-corrected chi connectivity index (χ0v) is 10.4. The van der Waals surface area contributed by atoms with Gasteiger partial charge < -0.3 is 0 Å². The first-order valence-electron chi connectivity index (χ1n) is 4.85. The third-order valence-corrected chi connectivity index (χ3v) is 0.577. The fourth-order valence-corrected chi connectivity index (χ4v) is 0. The van der Waals surface area contributed by atoms with Crippen LogP contribution in [0.5, 0.6) is 0 Å². The van der Waals surface area contributed by atoms with Crippen molar-refractivity contribution < 1.29 is 0 Å². The predicted octanol–water partition coefficient (Wildman–Crippen LogP) is 5.22. The zero-order valence-electron chi connectivity index (χ0n) is 10.4. The Hall–Kier alpha value is -0.520. The fourth-order valence-electron chi connectivity index (χ4n) is 0. The van der Waals surface area contributed by atoms with E-state index in [4.69, 9.17) is 0 Å². The maximum Gasteiger partial charge on any atom is -0.0442 e. The van der Waals surface area contributed by atoms with E-state index in [1.54, 1.807) is 6.08 Å². The van der Waals surface area contributed by atoms with Gasteiger partial charge in [0.15, 0.2) is 0 Å². The Bertz CT molecular complexity index is 64.1. The maximum atomic E-state index is 3.36. The normalized spacial score (nSPS) is 5.00. The van der Waals surface area contributed by atoms with Gasteiger partial charge >= 0.3 is 0 Å². The van der Waals surface area contributed by atoms with Crippen molar-refractivity contribution in [2.24, 2.45) is 0 Å². The highest BCUT2D eigenvalue weighted by molar-refractivity contribution is 4.88. The van der Waals surface area contributed by atoms with Crippen LogP contribution in [0.25, 0.3) is 0 Å². The van der Waals surface area contributed by atoms with Gasteiger partial charge in [-0.25, -0.2) is 0 Å². The Morgan fingerprint density at radius 3 is 1.00 bits per heavy atom. The summed E-state index contributed by atoms with van der Waals surface area (Å²) < 4.78 is 0. The zero-order chi connectivity index (χ0) is 11.0. The van der Waals surface area contributed by atoms with Crippen molar-refractivity contribution in [2.75, 3.05) is 0 Å². The molecule has 0 aromatic rings. The molecule has 12 heavy (non-hydrogen) atoms. The lowest BCUT2D eigenvalue weighted by molar-refractivity contribution is 1.36. The van der Waals surface area contributed by atoms with Crippen LogP contribution in [0.1, 0.15) is 55.4 Å². The summed E-state index contributed by atoms with van der Waals surface area (Å²) in [6.07, 6.45) is 3.83. The van der Waals surface area contributed by atoms with Crippen LogP contribution in [0, 0.1) is 0 Å². The van der Waals surface area contributed by atoms with Crippen molar-refractivity contribution in [3.05, 3.63) is 24.3 Å². The van der Waals surface area contributed by atoms with Gasteiger partial charge in [0, 0.05) is 0 Å². The van der Waals surface area contributed by atoms with Gasteiger partial charge in [0.1, 0.15) is 0 Å². The Morgan fingerprint density at radius 1 is 0.917 bits per heavy atom. The highest BCUT2D eigenvalue weighted by atomic mass is 13.7. The number of hydrogen-bond donors (Lipinski definition) is 0. The highest BCUT2D eigenvalue weighted by Crippen LogP contribution is 1.82. The molecule has 0 radical (unpaired) electrons. The molecule has 0 aliphatic heterocycles. The van der Waals surface area contributed by atoms with Gasteiger partial charge in [0.2, 0.25) is 0 Å². The largest absolute Gasteiger partial charge is 0.103 e. The Labute approximate surface area is 80.4 Å². The summed E-state index contributed by atoms with van der Waals surface area (Å²) in [5.74, 6) is 0. The van der Waals surface area contributed by atoms with Crippen molar-refractivity contribution in [1.82, 2.24) is 0 Å². The molecule has 0 bridgehead atoms. The molecule has 0 spiro atoms. The van der Waals surface area contributed by atoms with Gasteiger partial charge in [-0.3, -0.25) is 0 Å². The molecule has 0 amide bonds. The van der Waals surface area contributed by atoms with Crippen LogP contribution in [0.4, 0.5) is 0 Å². The minimum atomic E-state index is 1.38. The van der Waals surface area contributed by atoms with Gasteiger partial charge in [-0.2, -0.15) is 0 Å². The average Bonchev–Trinajstić information content (AvgIpc) is 2.13. The quantitative estimate of drug-likeness (QED) is 0.440. The van der Waals surface area contributed by atoms with Gasteiger partial charge in [0.25, 0.3) is 0 Å². The van der Waals surface area contributed by atoms with Crippen LogP contribution >= 0.6 is 0 Å².